The number of nitrogens with zero attached hydrogens (tertiary/aromatic N) is 1. The molecule has 0 N–H and O–H groups in total. The third-order valence-electron chi connectivity index (χ3n) is 5.42. The van der Waals surface area contributed by atoms with Gasteiger partial charge in [0.2, 0.25) is 5.91 Å². The molecule has 2 aliphatic heterocycles. The Bertz CT molecular complexity index is 753. The van der Waals surface area contributed by atoms with Crippen molar-refractivity contribution >= 4 is 5.91 Å². The van der Waals surface area contributed by atoms with Crippen molar-refractivity contribution in [3.05, 3.63) is 60.2 Å². The van der Waals surface area contributed by atoms with E-state index in [-0.39, 0.29) is 11.5 Å². The zero-order valence-electron chi connectivity index (χ0n) is 15.0. The molecule has 1 spiro atoms. The summed E-state index contributed by atoms with van der Waals surface area (Å²) >= 11 is 0. The number of carbonyl (C=O) groups excluding carboxylic acids is 1. The molecule has 0 radical (unpaired) electrons. The predicted octanol–water partition coefficient (Wildman–Crippen LogP) is 4.54. The van der Waals surface area contributed by atoms with Crippen LogP contribution in [0.5, 0.6) is 11.5 Å². The molecule has 2 saturated heterocycles. The number of carbonyl (C=O) groups is 1. The zero-order chi connectivity index (χ0) is 17.8. The Morgan fingerprint density at radius 1 is 1.00 bits per heavy atom. The molecule has 0 saturated carbocycles. The second-order valence-electron chi connectivity index (χ2n) is 7.26. The van der Waals surface area contributed by atoms with Gasteiger partial charge in [-0.3, -0.25) is 4.79 Å². The Hall–Kier alpha value is -2.33. The largest absolute Gasteiger partial charge is 0.457 e. The Morgan fingerprint density at radius 3 is 2.65 bits per heavy atom. The molecular formula is C22H25NO3. The lowest BCUT2D eigenvalue weighted by molar-refractivity contribution is -0.131. The highest BCUT2D eigenvalue weighted by molar-refractivity contribution is 5.76. The Kier molecular flexibility index (Phi) is 4.93. The first-order chi connectivity index (χ1) is 12.7. The van der Waals surface area contributed by atoms with Crippen molar-refractivity contribution in [2.75, 3.05) is 13.2 Å². The summed E-state index contributed by atoms with van der Waals surface area (Å²) in [5.41, 5.74) is 1.04. The highest BCUT2D eigenvalue weighted by Gasteiger charge is 2.38. The van der Waals surface area contributed by atoms with Crippen molar-refractivity contribution in [2.45, 2.75) is 44.2 Å². The number of para-hydroxylation sites is 1. The van der Waals surface area contributed by atoms with E-state index in [0.29, 0.717) is 13.0 Å². The summed E-state index contributed by atoms with van der Waals surface area (Å²) in [6, 6.07) is 17.8. The molecule has 136 valence electrons. The Labute approximate surface area is 154 Å². The van der Waals surface area contributed by atoms with E-state index < -0.39 is 0 Å². The monoisotopic (exact) mass is 351 g/mol. The number of ether oxygens (including phenoxy) is 2. The second-order valence-corrected chi connectivity index (χ2v) is 7.26. The minimum atomic E-state index is -0.0529. The van der Waals surface area contributed by atoms with Gasteiger partial charge in [-0.2, -0.15) is 0 Å². The smallest absolute Gasteiger partial charge is 0.222 e. The SMILES string of the molecule is O=C1CCC2(CCCO2)CCN1Cc1cccc(Oc2ccccc2)c1. The van der Waals surface area contributed by atoms with Crippen LogP contribution >= 0.6 is 0 Å². The summed E-state index contributed by atoms with van der Waals surface area (Å²) in [6.07, 6.45) is 4.60. The summed E-state index contributed by atoms with van der Waals surface area (Å²) in [5.74, 6) is 1.84. The Balaban J connectivity index is 1.43. The number of hydrogen-bond donors (Lipinski definition) is 0. The summed E-state index contributed by atoms with van der Waals surface area (Å²) in [6.45, 7) is 2.23. The van der Waals surface area contributed by atoms with Gasteiger partial charge >= 0.3 is 0 Å². The van der Waals surface area contributed by atoms with E-state index >= 15 is 0 Å². The average molecular weight is 351 g/mol. The van der Waals surface area contributed by atoms with Gasteiger partial charge in [-0.1, -0.05) is 30.3 Å². The van der Waals surface area contributed by atoms with Gasteiger partial charge in [0.15, 0.2) is 0 Å². The minimum absolute atomic E-state index is 0.0529. The van der Waals surface area contributed by atoms with Crippen LogP contribution in [0.1, 0.15) is 37.7 Å². The number of amides is 1. The van der Waals surface area contributed by atoms with Crippen LogP contribution in [0.15, 0.2) is 54.6 Å². The quantitative estimate of drug-likeness (QED) is 0.812. The van der Waals surface area contributed by atoms with Gasteiger partial charge in [-0.05, 0) is 55.5 Å². The highest BCUT2D eigenvalue weighted by Crippen LogP contribution is 2.36. The van der Waals surface area contributed by atoms with E-state index in [4.69, 9.17) is 9.47 Å². The van der Waals surface area contributed by atoms with Crippen LogP contribution in [-0.4, -0.2) is 29.6 Å². The number of rotatable bonds is 4. The van der Waals surface area contributed by atoms with Crippen molar-refractivity contribution in [2.24, 2.45) is 0 Å². The molecule has 1 amide bonds. The van der Waals surface area contributed by atoms with Gasteiger partial charge in [0.05, 0.1) is 5.60 Å². The van der Waals surface area contributed by atoms with E-state index in [9.17, 15) is 4.79 Å². The summed E-state index contributed by atoms with van der Waals surface area (Å²) in [5, 5.41) is 0. The molecule has 1 atom stereocenters. The molecule has 0 aliphatic carbocycles. The van der Waals surface area contributed by atoms with Crippen LogP contribution in [0, 0.1) is 0 Å². The molecule has 0 aromatic heterocycles. The van der Waals surface area contributed by atoms with Gasteiger partial charge < -0.3 is 14.4 Å². The standard InChI is InChI=1S/C22H25NO3/c24-21-10-12-22(11-5-15-25-22)13-14-23(21)17-18-6-4-9-20(16-18)26-19-7-2-1-3-8-19/h1-4,6-9,16H,5,10-15,17H2. The number of likely N-dealkylation sites (tertiary alicyclic amines) is 1. The van der Waals surface area contributed by atoms with Crippen LogP contribution in [-0.2, 0) is 16.1 Å². The topological polar surface area (TPSA) is 38.8 Å². The van der Waals surface area contributed by atoms with E-state index in [1.165, 1.54) is 0 Å². The number of hydrogen-bond acceptors (Lipinski definition) is 3. The first kappa shape index (κ1) is 17.1. The third kappa shape index (κ3) is 3.91. The van der Waals surface area contributed by atoms with Crippen LogP contribution in [0.3, 0.4) is 0 Å². The molecule has 2 heterocycles. The second kappa shape index (κ2) is 7.50. The summed E-state index contributed by atoms with van der Waals surface area (Å²) in [4.78, 5) is 14.5. The van der Waals surface area contributed by atoms with Crippen molar-refractivity contribution in [3.8, 4) is 11.5 Å². The fourth-order valence-corrected chi connectivity index (χ4v) is 3.95. The maximum Gasteiger partial charge on any atom is 0.222 e. The first-order valence-corrected chi connectivity index (χ1v) is 9.46. The molecule has 2 aliphatic rings. The van der Waals surface area contributed by atoms with E-state index in [1.54, 1.807) is 0 Å². The lowest BCUT2D eigenvalue weighted by atomic mass is 9.92. The van der Waals surface area contributed by atoms with E-state index in [0.717, 1.165) is 55.9 Å². The lowest BCUT2D eigenvalue weighted by Crippen LogP contribution is -2.32. The molecule has 0 bridgehead atoms. The average Bonchev–Trinajstić information content (AvgIpc) is 3.07. The molecule has 2 fully saturated rings. The fraction of sp³-hybridized carbons (Fsp3) is 0.409. The van der Waals surface area contributed by atoms with Crippen LogP contribution < -0.4 is 4.74 Å². The molecular weight excluding hydrogens is 326 g/mol. The maximum absolute atomic E-state index is 12.6. The van der Waals surface area contributed by atoms with Crippen molar-refractivity contribution in [1.82, 2.24) is 4.90 Å². The van der Waals surface area contributed by atoms with Crippen molar-refractivity contribution < 1.29 is 14.3 Å². The normalized spacial score (nSPS) is 23.2. The summed E-state index contributed by atoms with van der Waals surface area (Å²) in [7, 11) is 0. The van der Waals surface area contributed by atoms with Gasteiger partial charge in [-0.25, -0.2) is 0 Å². The first-order valence-electron chi connectivity index (χ1n) is 9.46. The fourth-order valence-electron chi connectivity index (χ4n) is 3.95. The minimum Gasteiger partial charge on any atom is -0.457 e. The van der Waals surface area contributed by atoms with Gasteiger partial charge in [0.25, 0.3) is 0 Å². The predicted molar refractivity (Wildman–Crippen MR) is 100 cm³/mol. The zero-order valence-corrected chi connectivity index (χ0v) is 15.0. The van der Waals surface area contributed by atoms with Crippen LogP contribution in [0.4, 0.5) is 0 Å². The van der Waals surface area contributed by atoms with Gasteiger partial charge in [0.1, 0.15) is 11.5 Å². The van der Waals surface area contributed by atoms with Crippen LogP contribution in [0.25, 0.3) is 0 Å². The van der Waals surface area contributed by atoms with Crippen LogP contribution in [0.2, 0.25) is 0 Å². The van der Waals surface area contributed by atoms with Crippen molar-refractivity contribution in [3.63, 3.8) is 0 Å². The molecule has 1 unspecified atom stereocenters. The summed E-state index contributed by atoms with van der Waals surface area (Å²) < 4.78 is 11.9. The molecule has 2 aromatic rings. The van der Waals surface area contributed by atoms with Gasteiger partial charge in [-0.15, -0.1) is 0 Å². The molecule has 4 rings (SSSR count). The molecule has 4 nitrogen and oxygen atoms in total. The maximum atomic E-state index is 12.6. The molecule has 26 heavy (non-hydrogen) atoms. The third-order valence-corrected chi connectivity index (χ3v) is 5.42. The molecule has 4 heteroatoms. The Morgan fingerprint density at radius 2 is 1.85 bits per heavy atom. The highest BCUT2D eigenvalue weighted by atomic mass is 16.5. The van der Waals surface area contributed by atoms with E-state index in [2.05, 4.69) is 6.07 Å². The van der Waals surface area contributed by atoms with Crippen molar-refractivity contribution in [1.29, 1.82) is 0 Å². The molecule has 2 aromatic carbocycles. The number of benzene rings is 2. The van der Waals surface area contributed by atoms with E-state index in [1.807, 2.05) is 53.4 Å². The van der Waals surface area contributed by atoms with Gasteiger partial charge in [0, 0.05) is 26.1 Å². The lowest BCUT2D eigenvalue weighted by Gasteiger charge is -2.26.